The zero-order chi connectivity index (χ0) is 21.4. The number of benzene rings is 2. The summed E-state index contributed by atoms with van der Waals surface area (Å²) in [6, 6.07) is 16.7. The van der Waals surface area contributed by atoms with Crippen LogP contribution >= 0.6 is 0 Å². The first-order chi connectivity index (χ1) is 15.1. The number of amides is 1. The summed E-state index contributed by atoms with van der Waals surface area (Å²) in [5.41, 5.74) is 4.58. The van der Waals surface area contributed by atoms with Crippen LogP contribution in [0.3, 0.4) is 0 Å². The minimum atomic E-state index is -0.278. The molecule has 1 aliphatic carbocycles. The summed E-state index contributed by atoms with van der Waals surface area (Å²) < 4.78 is 0. The standard InChI is InChI=1S/C26H34N4O/c1-19-16-22-6-3-4-9-25(22)30(19)26(31)20(2)27-23-7-5-8-24(17-23)29-14-12-28(13-15-29)18-21-10-11-21/h3-9,17,19-21,27H,10-16,18H2,1-2H3. The van der Waals surface area contributed by atoms with E-state index in [2.05, 4.69) is 64.5 Å². The molecule has 2 atom stereocenters. The molecule has 2 aromatic carbocycles. The number of hydrogen-bond acceptors (Lipinski definition) is 4. The molecule has 2 aliphatic heterocycles. The SMILES string of the molecule is CC(Nc1cccc(N2CCN(CC3CC3)CC2)c1)C(=O)N1c2ccccc2CC1C. The van der Waals surface area contributed by atoms with Crippen molar-refractivity contribution in [2.75, 3.05) is 47.8 Å². The van der Waals surface area contributed by atoms with Crippen LogP contribution in [0.5, 0.6) is 0 Å². The number of piperazine rings is 1. The highest BCUT2D eigenvalue weighted by Crippen LogP contribution is 2.33. The Morgan fingerprint density at radius 2 is 1.84 bits per heavy atom. The second-order valence-corrected chi connectivity index (χ2v) is 9.54. The maximum atomic E-state index is 13.3. The summed E-state index contributed by atoms with van der Waals surface area (Å²) >= 11 is 0. The molecule has 2 fully saturated rings. The summed E-state index contributed by atoms with van der Waals surface area (Å²) in [7, 11) is 0. The van der Waals surface area contributed by atoms with E-state index in [4.69, 9.17) is 0 Å². The van der Waals surface area contributed by atoms with E-state index < -0.39 is 0 Å². The molecule has 3 aliphatic rings. The van der Waals surface area contributed by atoms with E-state index in [0.717, 1.165) is 49.9 Å². The first-order valence-corrected chi connectivity index (χ1v) is 11.8. The van der Waals surface area contributed by atoms with Gasteiger partial charge in [0.15, 0.2) is 0 Å². The van der Waals surface area contributed by atoms with E-state index >= 15 is 0 Å². The lowest BCUT2D eigenvalue weighted by Gasteiger charge is -2.36. The molecule has 5 heteroatoms. The highest BCUT2D eigenvalue weighted by Gasteiger charge is 2.33. The Labute approximate surface area is 186 Å². The highest BCUT2D eigenvalue weighted by molar-refractivity contribution is 6.00. The van der Waals surface area contributed by atoms with Gasteiger partial charge in [0.25, 0.3) is 0 Å². The third-order valence-corrected chi connectivity index (χ3v) is 7.00. The third-order valence-electron chi connectivity index (χ3n) is 7.00. The minimum Gasteiger partial charge on any atom is -0.374 e. The van der Waals surface area contributed by atoms with Gasteiger partial charge in [-0.05, 0) is 68.9 Å². The van der Waals surface area contributed by atoms with Crippen LogP contribution in [0.4, 0.5) is 17.1 Å². The van der Waals surface area contributed by atoms with Crippen LogP contribution in [0.15, 0.2) is 48.5 Å². The van der Waals surface area contributed by atoms with Crippen LogP contribution in [0.1, 0.15) is 32.3 Å². The second kappa shape index (κ2) is 8.54. The average molecular weight is 419 g/mol. The first-order valence-electron chi connectivity index (χ1n) is 11.8. The van der Waals surface area contributed by atoms with Crippen molar-refractivity contribution >= 4 is 23.0 Å². The number of carbonyl (C=O) groups is 1. The van der Waals surface area contributed by atoms with Crippen molar-refractivity contribution in [1.29, 1.82) is 0 Å². The Balaban J connectivity index is 1.22. The smallest absolute Gasteiger partial charge is 0.249 e. The molecule has 0 radical (unpaired) electrons. The van der Waals surface area contributed by atoms with Gasteiger partial charge in [-0.25, -0.2) is 0 Å². The number of nitrogens with one attached hydrogen (secondary N) is 1. The van der Waals surface area contributed by atoms with Gasteiger partial charge < -0.3 is 15.1 Å². The molecule has 164 valence electrons. The van der Waals surface area contributed by atoms with Gasteiger partial charge >= 0.3 is 0 Å². The first kappa shape index (κ1) is 20.4. The Kier molecular flexibility index (Phi) is 5.61. The zero-order valence-electron chi connectivity index (χ0n) is 18.8. The Hall–Kier alpha value is -2.53. The van der Waals surface area contributed by atoms with E-state index in [1.165, 1.54) is 30.6 Å². The maximum Gasteiger partial charge on any atom is 0.249 e. The van der Waals surface area contributed by atoms with Crippen LogP contribution < -0.4 is 15.1 Å². The molecule has 2 unspecified atom stereocenters. The molecule has 0 bridgehead atoms. The summed E-state index contributed by atoms with van der Waals surface area (Å²) in [6.45, 7) is 9.84. The van der Waals surface area contributed by atoms with Crippen molar-refractivity contribution in [2.45, 2.75) is 45.2 Å². The van der Waals surface area contributed by atoms with Crippen LogP contribution in [0.25, 0.3) is 0 Å². The van der Waals surface area contributed by atoms with Gasteiger partial charge in [-0.1, -0.05) is 24.3 Å². The molecule has 1 N–H and O–H groups in total. The van der Waals surface area contributed by atoms with E-state index in [-0.39, 0.29) is 18.0 Å². The fourth-order valence-electron chi connectivity index (χ4n) is 5.07. The molecule has 2 aromatic rings. The van der Waals surface area contributed by atoms with Crippen molar-refractivity contribution in [3.8, 4) is 0 Å². The normalized spacial score (nSPS) is 22.3. The van der Waals surface area contributed by atoms with Crippen molar-refractivity contribution in [1.82, 2.24) is 4.90 Å². The van der Waals surface area contributed by atoms with Crippen molar-refractivity contribution in [2.24, 2.45) is 5.92 Å². The van der Waals surface area contributed by atoms with E-state index in [1.54, 1.807) is 0 Å². The Morgan fingerprint density at radius 1 is 1.06 bits per heavy atom. The molecule has 5 rings (SSSR count). The summed E-state index contributed by atoms with van der Waals surface area (Å²) in [5.74, 6) is 1.10. The van der Waals surface area contributed by atoms with Crippen LogP contribution in [-0.2, 0) is 11.2 Å². The second-order valence-electron chi connectivity index (χ2n) is 9.54. The molecule has 1 amide bonds. The van der Waals surface area contributed by atoms with Crippen LogP contribution in [0, 0.1) is 5.92 Å². The lowest BCUT2D eigenvalue weighted by Crippen LogP contribution is -2.47. The van der Waals surface area contributed by atoms with E-state index in [0.29, 0.717) is 0 Å². The summed E-state index contributed by atoms with van der Waals surface area (Å²) in [6.07, 6.45) is 3.77. The van der Waals surface area contributed by atoms with E-state index in [1.807, 2.05) is 17.9 Å². The molecule has 5 nitrogen and oxygen atoms in total. The fourth-order valence-corrected chi connectivity index (χ4v) is 5.07. The predicted molar refractivity (Wildman–Crippen MR) is 128 cm³/mol. The van der Waals surface area contributed by atoms with Gasteiger partial charge in [0.2, 0.25) is 5.91 Å². The van der Waals surface area contributed by atoms with Gasteiger partial charge in [-0.15, -0.1) is 0 Å². The van der Waals surface area contributed by atoms with E-state index in [9.17, 15) is 4.79 Å². The van der Waals surface area contributed by atoms with Gasteiger partial charge in [-0.2, -0.15) is 0 Å². The van der Waals surface area contributed by atoms with Gasteiger partial charge in [0.1, 0.15) is 6.04 Å². The van der Waals surface area contributed by atoms with Gasteiger partial charge in [0, 0.05) is 55.8 Å². The molecule has 2 heterocycles. The Morgan fingerprint density at radius 3 is 2.61 bits per heavy atom. The summed E-state index contributed by atoms with van der Waals surface area (Å²) in [4.78, 5) is 20.3. The van der Waals surface area contributed by atoms with Crippen LogP contribution in [-0.4, -0.2) is 55.6 Å². The average Bonchev–Trinajstić information content (AvgIpc) is 3.53. The van der Waals surface area contributed by atoms with Crippen molar-refractivity contribution in [3.63, 3.8) is 0 Å². The zero-order valence-corrected chi connectivity index (χ0v) is 18.8. The topological polar surface area (TPSA) is 38.8 Å². The lowest BCUT2D eigenvalue weighted by molar-refractivity contribution is -0.119. The van der Waals surface area contributed by atoms with Gasteiger partial charge in [0.05, 0.1) is 0 Å². The largest absolute Gasteiger partial charge is 0.374 e. The molecule has 0 aromatic heterocycles. The molecular formula is C26H34N4O. The quantitative estimate of drug-likeness (QED) is 0.770. The number of hydrogen-bond donors (Lipinski definition) is 1. The number of anilines is 3. The number of nitrogens with zero attached hydrogens (tertiary/aromatic N) is 3. The number of carbonyl (C=O) groups excluding carboxylic acids is 1. The number of fused-ring (bicyclic) bond motifs is 1. The fraction of sp³-hybridized carbons (Fsp3) is 0.500. The lowest BCUT2D eigenvalue weighted by atomic mass is 10.1. The van der Waals surface area contributed by atoms with Crippen molar-refractivity contribution < 1.29 is 4.79 Å². The third kappa shape index (κ3) is 4.42. The Bertz CT molecular complexity index is 933. The molecular weight excluding hydrogens is 384 g/mol. The summed E-state index contributed by atoms with van der Waals surface area (Å²) in [5, 5.41) is 3.46. The minimum absolute atomic E-state index is 0.136. The van der Waals surface area contributed by atoms with Crippen molar-refractivity contribution in [3.05, 3.63) is 54.1 Å². The highest BCUT2D eigenvalue weighted by atomic mass is 16.2. The molecule has 0 spiro atoms. The molecule has 1 saturated carbocycles. The number of para-hydroxylation sites is 1. The number of rotatable bonds is 6. The molecule has 31 heavy (non-hydrogen) atoms. The predicted octanol–water partition coefficient (Wildman–Crippen LogP) is 4.00. The monoisotopic (exact) mass is 418 g/mol. The van der Waals surface area contributed by atoms with Crippen LogP contribution in [0.2, 0.25) is 0 Å². The molecule has 1 saturated heterocycles. The maximum absolute atomic E-state index is 13.3. The van der Waals surface area contributed by atoms with Gasteiger partial charge in [-0.3, -0.25) is 9.69 Å².